The number of carbonyl (C=O) groups is 2. The Kier molecular flexibility index (Phi) is 3.34. The molecule has 0 saturated carbocycles. The summed E-state index contributed by atoms with van der Waals surface area (Å²) in [5, 5.41) is -1.07. The second-order valence-electron chi connectivity index (χ2n) is 4.48. The van der Waals surface area contributed by atoms with Crippen LogP contribution in [0.1, 0.15) is 23.7 Å². The first-order valence-electron chi connectivity index (χ1n) is 5.78. The molecular weight excluding hydrogens is 252 g/mol. The van der Waals surface area contributed by atoms with Crippen LogP contribution in [0, 0.1) is 5.92 Å². The van der Waals surface area contributed by atoms with Crippen molar-refractivity contribution in [3.8, 4) is 0 Å². The lowest BCUT2D eigenvalue weighted by Crippen LogP contribution is -2.43. The summed E-state index contributed by atoms with van der Waals surface area (Å²) in [5.74, 6) is -1.66. The number of ketones is 2. The lowest BCUT2D eigenvalue weighted by atomic mass is 9.90. The molecule has 0 aliphatic carbocycles. The summed E-state index contributed by atoms with van der Waals surface area (Å²) in [6, 6.07) is 8.51. The average Bonchev–Trinajstić information content (AvgIpc) is 2.37. The Morgan fingerprint density at radius 1 is 1.22 bits per heavy atom. The Balaban J connectivity index is 2.26. The third kappa shape index (κ3) is 2.22. The monoisotopic (exact) mass is 266 g/mol. The summed E-state index contributed by atoms with van der Waals surface area (Å²) in [4.78, 5) is 24.1. The van der Waals surface area contributed by atoms with Crippen LogP contribution in [0.2, 0.25) is 0 Å². The fourth-order valence-corrected chi connectivity index (χ4v) is 3.56. The first-order chi connectivity index (χ1) is 8.43. The van der Waals surface area contributed by atoms with E-state index in [1.807, 2.05) is 0 Å². The van der Waals surface area contributed by atoms with Crippen molar-refractivity contribution in [2.24, 2.45) is 5.92 Å². The van der Waals surface area contributed by atoms with Gasteiger partial charge in [-0.2, -0.15) is 0 Å². The van der Waals surface area contributed by atoms with Gasteiger partial charge in [-0.15, -0.1) is 0 Å². The molecule has 0 spiro atoms. The van der Waals surface area contributed by atoms with Gasteiger partial charge in [-0.1, -0.05) is 30.3 Å². The Bertz CT molecular complexity index is 574. The second kappa shape index (κ2) is 4.65. The number of hydrogen-bond donors (Lipinski definition) is 0. The van der Waals surface area contributed by atoms with Crippen molar-refractivity contribution in [1.29, 1.82) is 0 Å². The minimum absolute atomic E-state index is 0.0941. The summed E-state index contributed by atoms with van der Waals surface area (Å²) < 4.78 is 23.1. The molecule has 1 saturated heterocycles. The molecule has 1 fully saturated rings. The Labute approximate surface area is 106 Å². The van der Waals surface area contributed by atoms with Crippen molar-refractivity contribution in [3.05, 3.63) is 35.9 Å². The van der Waals surface area contributed by atoms with E-state index in [2.05, 4.69) is 0 Å². The number of hydrogen-bond acceptors (Lipinski definition) is 4. The number of carbonyl (C=O) groups excluding carboxylic acids is 2. The molecule has 0 aromatic heterocycles. The minimum atomic E-state index is -3.36. The number of Topliss-reactive ketones (excluding diaryl/α,β-unsaturated/α-hetero) is 2. The van der Waals surface area contributed by atoms with E-state index >= 15 is 0 Å². The predicted octanol–water partition coefficient (Wildman–Crippen LogP) is 1.26. The van der Waals surface area contributed by atoms with Crippen LogP contribution >= 0.6 is 0 Å². The van der Waals surface area contributed by atoms with Crippen molar-refractivity contribution in [3.63, 3.8) is 0 Å². The van der Waals surface area contributed by atoms with E-state index in [9.17, 15) is 18.0 Å². The minimum Gasteiger partial charge on any atom is -0.297 e. The van der Waals surface area contributed by atoms with Gasteiger partial charge in [0, 0.05) is 5.56 Å². The van der Waals surface area contributed by atoms with Crippen LogP contribution in [0.5, 0.6) is 0 Å². The van der Waals surface area contributed by atoms with Gasteiger partial charge in [0.2, 0.25) is 0 Å². The lowest BCUT2D eigenvalue weighted by molar-refractivity contribution is -0.121. The van der Waals surface area contributed by atoms with Crippen molar-refractivity contribution < 1.29 is 18.0 Å². The number of sulfone groups is 1. The molecule has 96 valence electrons. The standard InChI is InChI=1S/C13H14O4S/c1-9-12(14)11(7-8-18(9,16)17)13(15)10-5-3-2-4-6-10/h2-6,9,11H,7-8H2,1H3. The van der Waals surface area contributed by atoms with Crippen molar-refractivity contribution in [2.45, 2.75) is 18.6 Å². The van der Waals surface area contributed by atoms with E-state index in [0.29, 0.717) is 5.56 Å². The van der Waals surface area contributed by atoms with E-state index < -0.39 is 26.8 Å². The van der Waals surface area contributed by atoms with Crippen molar-refractivity contribution in [2.75, 3.05) is 5.75 Å². The molecule has 5 heteroatoms. The molecule has 0 amide bonds. The third-order valence-corrected chi connectivity index (χ3v) is 5.46. The summed E-state index contributed by atoms with van der Waals surface area (Å²) in [7, 11) is -3.36. The Morgan fingerprint density at radius 3 is 2.44 bits per heavy atom. The highest BCUT2D eigenvalue weighted by Gasteiger charge is 2.41. The smallest absolute Gasteiger partial charge is 0.173 e. The van der Waals surface area contributed by atoms with E-state index in [-0.39, 0.29) is 18.0 Å². The fraction of sp³-hybridized carbons (Fsp3) is 0.385. The molecular formula is C13H14O4S. The van der Waals surface area contributed by atoms with E-state index in [4.69, 9.17) is 0 Å². The topological polar surface area (TPSA) is 68.3 Å². The van der Waals surface area contributed by atoms with Crippen LogP contribution in [0.15, 0.2) is 30.3 Å². The first-order valence-corrected chi connectivity index (χ1v) is 7.49. The van der Waals surface area contributed by atoms with Crippen LogP contribution in [0.3, 0.4) is 0 Å². The zero-order chi connectivity index (χ0) is 13.3. The van der Waals surface area contributed by atoms with Gasteiger partial charge in [-0.3, -0.25) is 9.59 Å². The van der Waals surface area contributed by atoms with Gasteiger partial charge in [0.25, 0.3) is 0 Å². The highest BCUT2D eigenvalue weighted by Crippen LogP contribution is 2.24. The SMILES string of the molecule is CC1C(=O)C(C(=O)c2ccccc2)CCS1(=O)=O. The lowest BCUT2D eigenvalue weighted by Gasteiger charge is -2.24. The van der Waals surface area contributed by atoms with Gasteiger partial charge in [-0.05, 0) is 13.3 Å². The molecule has 0 bridgehead atoms. The van der Waals surface area contributed by atoms with Crippen molar-refractivity contribution in [1.82, 2.24) is 0 Å². The van der Waals surface area contributed by atoms with Crippen molar-refractivity contribution >= 4 is 21.4 Å². The molecule has 2 atom stereocenters. The van der Waals surface area contributed by atoms with Crippen LogP contribution in [0.25, 0.3) is 0 Å². The molecule has 1 aromatic carbocycles. The quantitative estimate of drug-likeness (QED) is 0.597. The third-order valence-electron chi connectivity index (χ3n) is 3.35. The van der Waals surface area contributed by atoms with E-state index in [1.165, 1.54) is 6.92 Å². The summed E-state index contributed by atoms with van der Waals surface area (Å²) in [5.41, 5.74) is 0.461. The zero-order valence-electron chi connectivity index (χ0n) is 10.00. The van der Waals surface area contributed by atoms with E-state index in [0.717, 1.165) is 0 Å². The van der Waals surface area contributed by atoms with Crippen LogP contribution in [0.4, 0.5) is 0 Å². The van der Waals surface area contributed by atoms with Crippen LogP contribution in [-0.4, -0.2) is 31.0 Å². The number of benzene rings is 1. The second-order valence-corrected chi connectivity index (χ2v) is 6.92. The number of rotatable bonds is 2. The largest absolute Gasteiger partial charge is 0.297 e. The molecule has 18 heavy (non-hydrogen) atoms. The molecule has 0 radical (unpaired) electrons. The molecule has 1 aliphatic heterocycles. The first kappa shape index (κ1) is 13.0. The van der Waals surface area contributed by atoms with Crippen LogP contribution in [-0.2, 0) is 14.6 Å². The van der Waals surface area contributed by atoms with Gasteiger partial charge in [0.15, 0.2) is 21.4 Å². The Hall–Kier alpha value is -1.49. The molecule has 4 nitrogen and oxygen atoms in total. The van der Waals surface area contributed by atoms with E-state index in [1.54, 1.807) is 30.3 Å². The maximum absolute atomic E-state index is 12.2. The summed E-state index contributed by atoms with van der Waals surface area (Å²) in [6.07, 6.45) is 0.0965. The molecule has 2 unspecified atom stereocenters. The highest BCUT2D eigenvalue weighted by atomic mass is 32.2. The molecule has 1 aliphatic rings. The molecule has 1 aromatic rings. The van der Waals surface area contributed by atoms with Gasteiger partial charge >= 0.3 is 0 Å². The summed E-state index contributed by atoms with van der Waals surface area (Å²) in [6.45, 7) is 1.36. The van der Waals surface area contributed by atoms with Crippen LogP contribution < -0.4 is 0 Å². The molecule has 2 rings (SSSR count). The van der Waals surface area contributed by atoms with Gasteiger partial charge in [0.1, 0.15) is 5.25 Å². The maximum Gasteiger partial charge on any atom is 0.173 e. The fourth-order valence-electron chi connectivity index (χ4n) is 2.13. The highest BCUT2D eigenvalue weighted by molar-refractivity contribution is 7.92. The molecule has 1 heterocycles. The van der Waals surface area contributed by atoms with Gasteiger partial charge < -0.3 is 0 Å². The maximum atomic E-state index is 12.2. The normalized spacial score (nSPS) is 26.8. The van der Waals surface area contributed by atoms with Gasteiger partial charge in [0.05, 0.1) is 11.7 Å². The van der Waals surface area contributed by atoms with Gasteiger partial charge in [-0.25, -0.2) is 8.42 Å². The predicted molar refractivity (Wildman–Crippen MR) is 67.1 cm³/mol. The Morgan fingerprint density at radius 2 is 1.83 bits per heavy atom. The summed E-state index contributed by atoms with van der Waals surface area (Å²) >= 11 is 0. The average molecular weight is 266 g/mol. The molecule has 0 N–H and O–H groups in total. The zero-order valence-corrected chi connectivity index (χ0v) is 10.8.